The minimum Gasteiger partial charge on any atom is -0.463 e. The Morgan fingerprint density at radius 2 is 1.45 bits per heavy atom. The molecule has 120 valence electrons. The molecule has 0 aromatic rings. The third-order valence-corrected chi connectivity index (χ3v) is 5.93. The van der Waals surface area contributed by atoms with E-state index in [1.165, 1.54) is 0 Å². The maximum absolute atomic E-state index is 11.5. The van der Waals surface area contributed by atoms with Crippen LogP contribution in [-0.2, 0) is 29.6 Å². The minimum atomic E-state index is -4.03. The molecular weight excluding hydrogens is 308 g/mol. The smallest absolute Gasteiger partial charge is 0.322 e. The molecule has 0 unspecified atom stereocenters. The first-order chi connectivity index (χ1) is 9.02. The number of hydrogen-bond acceptors (Lipinski definition) is 7. The van der Waals surface area contributed by atoms with Gasteiger partial charge in [-0.1, -0.05) is 17.6 Å². The van der Waals surface area contributed by atoms with Crippen molar-refractivity contribution in [3.05, 3.63) is 0 Å². The topological polar surface area (TPSA) is 101 Å². The first kappa shape index (κ1) is 19.3. The zero-order chi connectivity index (χ0) is 16.0. The van der Waals surface area contributed by atoms with Gasteiger partial charge in [-0.2, -0.15) is 0 Å². The van der Waals surface area contributed by atoms with Gasteiger partial charge in [-0.25, -0.2) is 16.8 Å². The standard InChI is InChI=1S/C10H22N2O6S2/c1-5-11(6-2)7-8-18-10(13)9-12(19(3,14)15)20(4,16)17/h5-9H2,1-4H3. The van der Waals surface area contributed by atoms with Gasteiger partial charge in [0.25, 0.3) is 0 Å². The Bertz CT molecular complexity index is 478. The maximum Gasteiger partial charge on any atom is 0.322 e. The molecule has 0 saturated carbocycles. The SMILES string of the molecule is CCN(CC)CCOC(=O)CN(S(C)(=O)=O)S(C)(=O)=O. The first-order valence-electron chi connectivity index (χ1n) is 6.08. The molecule has 0 aromatic carbocycles. The zero-order valence-electron chi connectivity index (χ0n) is 12.2. The van der Waals surface area contributed by atoms with Crippen molar-refractivity contribution in [2.45, 2.75) is 13.8 Å². The van der Waals surface area contributed by atoms with E-state index in [1.54, 1.807) is 0 Å². The Hall–Kier alpha value is -0.710. The predicted molar refractivity (Wildman–Crippen MR) is 75.1 cm³/mol. The van der Waals surface area contributed by atoms with Crippen molar-refractivity contribution in [3.63, 3.8) is 0 Å². The number of carbonyl (C=O) groups excluding carboxylic acids is 1. The molecule has 0 amide bonds. The van der Waals surface area contributed by atoms with Gasteiger partial charge >= 0.3 is 5.97 Å². The minimum absolute atomic E-state index is 0.0852. The lowest BCUT2D eigenvalue weighted by molar-refractivity contribution is -0.143. The molecule has 0 saturated heterocycles. The van der Waals surface area contributed by atoms with E-state index in [-0.39, 0.29) is 10.3 Å². The molecule has 0 radical (unpaired) electrons. The summed E-state index contributed by atoms with van der Waals surface area (Å²) in [5.74, 6) is -0.895. The molecule has 0 bridgehead atoms. The largest absolute Gasteiger partial charge is 0.463 e. The number of rotatable bonds is 9. The summed E-state index contributed by atoms with van der Waals surface area (Å²) in [5.41, 5.74) is 0. The van der Waals surface area contributed by atoms with Gasteiger partial charge in [0, 0.05) is 6.54 Å². The molecule has 20 heavy (non-hydrogen) atoms. The fourth-order valence-corrected chi connectivity index (χ4v) is 4.11. The highest BCUT2D eigenvalue weighted by molar-refractivity contribution is 8.03. The van der Waals surface area contributed by atoms with E-state index in [2.05, 4.69) is 0 Å². The lowest BCUT2D eigenvalue weighted by atomic mass is 10.5. The normalized spacial score (nSPS) is 12.9. The van der Waals surface area contributed by atoms with Gasteiger partial charge in [-0.15, -0.1) is 0 Å². The summed E-state index contributed by atoms with van der Waals surface area (Å²) in [5, 5.41) is 0. The van der Waals surface area contributed by atoms with Crippen molar-refractivity contribution >= 4 is 26.0 Å². The van der Waals surface area contributed by atoms with Gasteiger partial charge in [0.2, 0.25) is 20.0 Å². The summed E-state index contributed by atoms with van der Waals surface area (Å²) >= 11 is 0. The van der Waals surface area contributed by atoms with Gasteiger partial charge in [0.1, 0.15) is 13.2 Å². The Morgan fingerprint density at radius 3 is 1.80 bits per heavy atom. The fourth-order valence-electron chi connectivity index (χ4n) is 1.46. The highest BCUT2D eigenvalue weighted by Gasteiger charge is 2.29. The lowest BCUT2D eigenvalue weighted by Gasteiger charge is -2.19. The van der Waals surface area contributed by atoms with E-state index >= 15 is 0 Å². The van der Waals surface area contributed by atoms with Crippen molar-refractivity contribution < 1.29 is 26.4 Å². The lowest BCUT2D eigenvalue weighted by Crippen LogP contribution is -2.40. The molecule has 0 aliphatic rings. The molecule has 0 rings (SSSR count). The Kier molecular flexibility index (Phi) is 7.63. The predicted octanol–water partition coefficient (Wildman–Crippen LogP) is -0.907. The average Bonchev–Trinajstić information content (AvgIpc) is 2.29. The molecule has 0 atom stereocenters. The molecule has 10 heteroatoms. The third-order valence-electron chi connectivity index (χ3n) is 2.56. The number of ether oxygens (including phenoxy) is 1. The molecule has 0 spiro atoms. The molecule has 0 N–H and O–H groups in total. The second kappa shape index (κ2) is 7.91. The van der Waals surface area contributed by atoms with Crippen LogP contribution in [0.25, 0.3) is 0 Å². The Morgan fingerprint density at radius 1 is 1.00 bits per heavy atom. The van der Waals surface area contributed by atoms with E-state index in [0.29, 0.717) is 6.54 Å². The van der Waals surface area contributed by atoms with Gasteiger partial charge in [0.15, 0.2) is 0 Å². The summed E-state index contributed by atoms with van der Waals surface area (Å²) in [6.45, 7) is 5.27. The third kappa shape index (κ3) is 7.17. The van der Waals surface area contributed by atoms with Crippen LogP contribution in [-0.4, -0.2) is 76.7 Å². The van der Waals surface area contributed by atoms with Crippen LogP contribution in [0.1, 0.15) is 13.8 Å². The van der Waals surface area contributed by atoms with E-state index in [4.69, 9.17) is 4.74 Å². The van der Waals surface area contributed by atoms with Crippen LogP contribution in [0.2, 0.25) is 0 Å². The Labute approximate surface area is 120 Å². The highest BCUT2D eigenvalue weighted by atomic mass is 32.3. The van der Waals surface area contributed by atoms with Crippen LogP contribution in [0.15, 0.2) is 0 Å². The van der Waals surface area contributed by atoms with E-state index in [0.717, 1.165) is 25.6 Å². The molecule has 8 nitrogen and oxygen atoms in total. The quantitative estimate of drug-likeness (QED) is 0.505. The van der Waals surface area contributed by atoms with Crippen LogP contribution in [0.3, 0.4) is 0 Å². The number of hydrogen-bond donors (Lipinski definition) is 0. The van der Waals surface area contributed by atoms with Crippen molar-refractivity contribution in [1.82, 2.24) is 8.61 Å². The van der Waals surface area contributed by atoms with E-state index in [9.17, 15) is 21.6 Å². The van der Waals surface area contributed by atoms with Gasteiger partial charge < -0.3 is 9.64 Å². The summed E-state index contributed by atoms with van der Waals surface area (Å²) < 4.78 is 50.2. The highest BCUT2D eigenvalue weighted by Crippen LogP contribution is 2.05. The molecule has 0 aliphatic heterocycles. The van der Waals surface area contributed by atoms with E-state index < -0.39 is 32.6 Å². The molecule has 0 heterocycles. The monoisotopic (exact) mass is 330 g/mol. The summed E-state index contributed by atoms with van der Waals surface area (Å²) in [6.07, 6.45) is 1.44. The van der Waals surface area contributed by atoms with Crippen LogP contribution in [0, 0.1) is 0 Å². The van der Waals surface area contributed by atoms with Crippen molar-refractivity contribution in [2.24, 2.45) is 0 Å². The number of likely N-dealkylation sites (N-methyl/N-ethyl adjacent to an activating group) is 1. The van der Waals surface area contributed by atoms with Crippen LogP contribution >= 0.6 is 0 Å². The first-order valence-corrected chi connectivity index (χ1v) is 9.77. The van der Waals surface area contributed by atoms with Crippen LogP contribution in [0.5, 0.6) is 0 Å². The molecule has 0 fully saturated rings. The van der Waals surface area contributed by atoms with Gasteiger partial charge in [-0.05, 0) is 13.1 Å². The van der Waals surface area contributed by atoms with Crippen LogP contribution in [0.4, 0.5) is 0 Å². The molecule has 0 aromatic heterocycles. The van der Waals surface area contributed by atoms with Crippen molar-refractivity contribution in [2.75, 3.05) is 45.3 Å². The van der Waals surface area contributed by atoms with Crippen molar-refractivity contribution in [3.8, 4) is 0 Å². The Balaban J connectivity index is 4.51. The van der Waals surface area contributed by atoms with Crippen molar-refractivity contribution in [1.29, 1.82) is 0 Å². The second-order valence-electron chi connectivity index (χ2n) is 4.20. The number of nitrogens with zero attached hydrogens (tertiary/aromatic N) is 2. The number of esters is 1. The van der Waals surface area contributed by atoms with Gasteiger partial charge in [-0.3, -0.25) is 4.79 Å². The number of sulfonamides is 2. The fraction of sp³-hybridized carbons (Fsp3) is 0.900. The summed E-state index contributed by atoms with van der Waals surface area (Å²) in [4.78, 5) is 13.5. The molecular formula is C10H22N2O6S2. The summed E-state index contributed by atoms with van der Waals surface area (Å²) in [7, 11) is -8.07. The maximum atomic E-state index is 11.5. The average molecular weight is 330 g/mol. The van der Waals surface area contributed by atoms with Gasteiger partial charge in [0.05, 0.1) is 12.5 Å². The number of carbonyl (C=O) groups is 1. The molecule has 0 aliphatic carbocycles. The van der Waals surface area contributed by atoms with Crippen LogP contribution < -0.4 is 0 Å². The second-order valence-corrected chi connectivity index (χ2v) is 8.25. The summed E-state index contributed by atoms with van der Waals surface area (Å²) in [6, 6.07) is 0. The zero-order valence-corrected chi connectivity index (χ0v) is 13.8. The van der Waals surface area contributed by atoms with E-state index in [1.807, 2.05) is 18.7 Å².